The predicted molar refractivity (Wildman–Crippen MR) is 54.8 cm³/mol. The van der Waals surface area contributed by atoms with Crippen molar-refractivity contribution in [3.8, 4) is 0 Å². The highest BCUT2D eigenvalue weighted by atomic mass is 15.2. The van der Waals surface area contributed by atoms with Crippen molar-refractivity contribution in [2.45, 2.75) is 13.8 Å². The molecule has 2 nitrogen and oxygen atoms in total. The number of benzene rings is 1. The Bertz CT molecular complexity index is 333. The summed E-state index contributed by atoms with van der Waals surface area (Å²) < 4.78 is 2.28. The molecule has 1 heterocycles. The zero-order valence-electron chi connectivity index (χ0n) is 8.17. The molecule has 1 aromatic rings. The molecule has 0 aliphatic carbocycles. The van der Waals surface area contributed by atoms with Gasteiger partial charge in [0.2, 0.25) is 6.34 Å². The van der Waals surface area contributed by atoms with E-state index < -0.39 is 0 Å². The fraction of sp³-hybridized carbons (Fsp3) is 0.364. The van der Waals surface area contributed by atoms with Gasteiger partial charge in [-0.05, 0) is 25.0 Å². The van der Waals surface area contributed by atoms with Crippen LogP contribution in [0.4, 0.5) is 5.69 Å². The minimum atomic E-state index is 1.05. The zero-order valence-corrected chi connectivity index (χ0v) is 8.17. The van der Waals surface area contributed by atoms with Crippen LogP contribution in [0.5, 0.6) is 0 Å². The van der Waals surface area contributed by atoms with Gasteiger partial charge in [-0.3, -0.25) is 5.32 Å². The van der Waals surface area contributed by atoms with E-state index >= 15 is 0 Å². The van der Waals surface area contributed by atoms with Crippen molar-refractivity contribution >= 4 is 12.0 Å². The third-order valence-electron chi connectivity index (χ3n) is 2.47. The van der Waals surface area contributed by atoms with Gasteiger partial charge in [0, 0.05) is 0 Å². The molecule has 1 N–H and O–H groups in total. The smallest absolute Gasteiger partial charge is 0.237 e. The molecule has 0 amide bonds. The van der Waals surface area contributed by atoms with Crippen molar-refractivity contribution in [2.24, 2.45) is 0 Å². The monoisotopic (exact) mass is 175 g/mol. The lowest BCUT2D eigenvalue weighted by Crippen LogP contribution is -2.06. The second-order valence-electron chi connectivity index (χ2n) is 3.52. The van der Waals surface area contributed by atoms with Crippen LogP contribution in [0, 0.1) is 13.8 Å². The summed E-state index contributed by atoms with van der Waals surface area (Å²) in [5.41, 5.74) is 4.05. The Labute approximate surface area is 78.9 Å². The van der Waals surface area contributed by atoms with Gasteiger partial charge >= 0.3 is 0 Å². The quantitative estimate of drug-likeness (QED) is 0.640. The minimum Gasteiger partial charge on any atom is -0.277 e. The number of nitrogens with one attached hydrogen (secondary N) is 1. The molecule has 0 atom stereocenters. The Morgan fingerprint density at radius 1 is 1.23 bits per heavy atom. The number of para-hydroxylation sites is 1. The molecule has 68 valence electrons. The number of rotatable bonds is 1. The van der Waals surface area contributed by atoms with Gasteiger partial charge in [0.25, 0.3) is 0 Å². The Morgan fingerprint density at radius 3 is 2.46 bits per heavy atom. The van der Waals surface area contributed by atoms with E-state index in [1.165, 1.54) is 16.8 Å². The molecular weight excluding hydrogens is 160 g/mol. The van der Waals surface area contributed by atoms with Crippen LogP contribution in [0.15, 0.2) is 18.2 Å². The van der Waals surface area contributed by atoms with Crippen molar-refractivity contribution in [1.82, 2.24) is 5.32 Å². The lowest BCUT2D eigenvalue weighted by Gasteiger charge is -2.07. The van der Waals surface area contributed by atoms with E-state index in [4.69, 9.17) is 0 Å². The predicted octanol–water partition coefficient (Wildman–Crippen LogP) is 1.58. The Balaban J connectivity index is 2.49. The largest absolute Gasteiger partial charge is 0.277 e. The lowest BCUT2D eigenvalue weighted by atomic mass is 10.1. The van der Waals surface area contributed by atoms with E-state index in [-0.39, 0.29) is 0 Å². The molecule has 1 aliphatic heterocycles. The van der Waals surface area contributed by atoms with Crippen LogP contribution in [0.1, 0.15) is 11.1 Å². The molecule has 0 bridgehead atoms. The number of hydrogen-bond acceptors (Lipinski definition) is 1. The summed E-state index contributed by atoms with van der Waals surface area (Å²) in [5, 5.41) is 3.23. The third-order valence-corrected chi connectivity index (χ3v) is 2.47. The van der Waals surface area contributed by atoms with Crippen LogP contribution >= 0.6 is 0 Å². The van der Waals surface area contributed by atoms with Crippen molar-refractivity contribution in [3.63, 3.8) is 0 Å². The van der Waals surface area contributed by atoms with Crippen molar-refractivity contribution < 1.29 is 4.58 Å². The molecule has 13 heavy (non-hydrogen) atoms. The molecule has 0 spiro atoms. The molecule has 1 aromatic carbocycles. The molecule has 2 rings (SSSR count). The van der Waals surface area contributed by atoms with E-state index in [1.807, 2.05) is 0 Å². The lowest BCUT2D eigenvalue weighted by molar-refractivity contribution is -0.425. The zero-order chi connectivity index (χ0) is 9.26. The van der Waals surface area contributed by atoms with Crippen LogP contribution in [0.25, 0.3) is 0 Å². The van der Waals surface area contributed by atoms with Crippen molar-refractivity contribution in [2.75, 3.05) is 13.1 Å². The molecular formula is C11H15N2+. The number of aryl methyl sites for hydroxylation is 2. The fourth-order valence-corrected chi connectivity index (χ4v) is 1.86. The molecule has 0 fully saturated rings. The maximum absolute atomic E-state index is 3.23. The van der Waals surface area contributed by atoms with Gasteiger partial charge < -0.3 is 0 Å². The second-order valence-corrected chi connectivity index (χ2v) is 3.52. The van der Waals surface area contributed by atoms with Crippen LogP contribution < -0.4 is 5.32 Å². The second kappa shape index (κ2) is 3.21. The summed E-state index contributed by atoms with van der Waals surface area (Å²) in [5.74, 6) is 0. The SMILES string of the molecule is Cc1cccc(C)c1[N+]1=CNCC1. The summed E-state index contributed by atoms with van der Waals surface area (Å²) in [6, 6.07) is 6.43. The van der Waals surface area contributed by atoms with E-state index in [2.05, 4.69) is 48.3 Å². The van der Waals surface area contributed by atoms with E-state index in [0.717, 1.165) is 13.1 Å². The first kappa shape index (κ1) is 8.30. The van der Waals surface area contributed by atoms with Crippen molar-refractivity contribution in [3.05, 3.63) is 29.3 Å². The van der Waals surface area contributed by atoms with Gasteiger partial charge in [-0.15, -0.1) is 0 Å². The molecule has 0 radical (unpaired) electrons. The van der Waals surface area contributed by atoms with Crippen LogP contribution in [0.2, 0.25) is 0 Å². The fourth-order valence-electron chi connectivity index (χ4n) is 1.86. The summed E-state index contributed by atoms with van der Waals surface area (Å²) in [4.78, 5) is 0. The standard InChI is InChI=1S/C11H14N2/c1-9-4-3-5-10(2)11(9)13-7-6-12-8-13/h3-5,8H,6-7H2,1-2H3/p+1. The highest BCUT2D eigenvalue weighted by Crippen LogP contribution is 2.22. The van der Waals surface area contributed by atoms with Gasteiger partial charge in [-0.25, -0.2) is 4.58 Å². The minimum absolute atomic E-state index is 1.05. The van der Waals surface area contributed by atoms with E-state index in [0.29, 0.717) is 0 Å². The van der Waals surface area contributed by atoms with Crippen LogP contribution in [0.3, 0.4) is 0 Å². The van der Waals surface area contributed by atoms with Crippen LogP contribution in [-0.2, 0) is 0 Å². The Morgan fingerprint density at radius 2 is 1.92 bits per heavy atom. The Hall–Kier alpha value is -1.31. The molecule has 2 heteroatoms. The average molecular weight is 175 g/mol. The third kappa shape index (κ3) is 1.44. The van der Waals surface area contributed by atoms with Gasteiger partial charge in [-0.2, -0.15) is 0 Å². The van der Waals surface area contributed by atoms with Gasteiger partial charge in [0.1, 0.15) is 18.8 Å². The first-order chi connectivity index (χ1) is 6.29. The van der Waals surface area contributed by atoms with Gasteiger partial charge in [-0.1, -0.05) is 18.2 Å². The molecule has 0 saturated carbocycles. The number of hydrogen-bond donors (Lipinski definition) is 1. The van der Waals surface area contributed by atoms with Gasteiger partial charge in [0.15, 0.2) is 0 Å². The molecule has 0 saturated heterocycles. The first-order valence-corrected chi connectivity index (χ1v) is 4.68. The maximum Gasteiger partial charge on any atom is 0.237 e. The molecule has 0 unspecified atom stereocenters. The molecule has 1 aliphatic rings. The highest BCUT2D eigenvalue weighted by molar-refractivity contribution is 5.56. The number of nitrogens with zero attached hydrogens (tertiary/aromatic N) is 1. The summed E-state index contributed by atoms with van der Waals surface area (Å²) in [6.07, 6.45) is 2.06. The average Bonchev–Trinajstić information content (AvgIpc) is 2.57. The first-order valence-electron chi connectivity index (χ1n) is 4.68. The highest BCUT2D eigenvalue weighted by Gasteiger charge is 2.15. The molecule has 0 aromatic heterocycles. The topological polar surface area (TPSA) is 15.0 Å². The van der Waals surface area contributed by atoms with E-state index in [1.54, 1.807) is 0 Å². The van der Waals surface area contributed by atoms with Crippen LogP contribution in [-0.4, -0.2) is 24.0 Å². The maximum atomic E-state index is 3.23. The van der Waals surface area contributed by atoms with Gasteiger partial charge in [0.05, 0.1) is 0 Å². The summed E-state index contributed by atoms with van der Waals surface area (Å²) >= 11 is 0. The summed E-state index contributed by atoms with van der Waals surface area (Å²) in [7, 11) is 0. The van der Waals surface area contributed by atoms with E-state index in [9.17, 15) is 0 Å². The summed E-state index contributed by atoms with van der Waals surface area (Å²) in [6.45, 7) is 6.45. The Kier molecular flexibility index (Phi) is 2.05. The van der Waals surface area contributed by atoms with Crippen molar-refractivity contribution in [1.29, 1.82) is 0 Å². The normalized spacial score (nSPS) is 15.4.